The smallest absolute Gasteiger partial charge is 0.303 e. The second-order valence-electron chi connectivity index (χ2n) is 8.84. The first-order valence-electron chi connectivity index (χ1n) is 11.9. The molecule has 1 aromatic carbocycles. The molecule has 1 saturated carbocycles. The van der Waals surface area contributed by atoms with E-state index >= 15 is 0 Å². The molecule has 1 aliphatic carbocycles. The fraction of sp³-hybridized carbons (Fsp3) is 0.560. The SMILES string of the molecule is CC[C@H](CC(=O)O)c1ccc(N(CC)C2CCOCC2)c(Nc2cnc(C3CC3)nc2)c1. The van der Waals surface area contributed by atoms with E-state index in [9.17, 15) is 9.90 Å². The van der Waals surface area contributed by atoms with Crippen LogP contribution in [0.3, 0.4) is 0 Å². The molecule has 0 unspecified atom stereocenters. The Kier molecular flexibility index (Phi) is 7.25. The highest BCUT2D eigenvalue weighted by atomic mass is 16.5. The summed E-state index contributed by atoms with van der Waals surface area (Å²) in [6, 6.07) is 6.77. The summed E-state index contributed by atoms with van der Waals surface area (Å²) < 4.78 is 5.58. The Hall–Kier alpha value is -2.67. The van der Waals surface area contributed by atoms with Gasteiger partial charge >= 0.3 is 5.97 Å². The molecular weight excluding hydrogens is 404 g/mol. The third kappa shape index (κ3) is 5.38. The number of benzene rings is 1. The normalized spacial score (nSPS) is 17.7. The summed E-state index contributed by atoms with van der Waals surface area (Å²) in [4.78, 5) is 22.9. The van der Waals surface area contributed by atoms with Gasteiger partial charge in [0.15, 0.2) is 0 Å². The maximum atomic E-state index is 11.4. The molecule has 0 radical (unpaired) electrons. The lowest BCUT2D eigenvalue weighted by Gasteiger charge is -2.37. The Morgan fingerprint density at radius 3 is 2.50 bits per heavy atom. The number of aliphatic carboxylic acids is 1. The number of anilines is 3. The lowest BCUT2D eigenvalue weighted by atomic mass is 9.92. The molecule has 0 spiro atoms. The van der Waals surface area contributed by atoms with E-state index < -0.39 is 5.97 Å². The summed E-state index contributed by atoms with van der Waals surface area (Å²) in [6.07, 6.45) is 8.99. The van der Waals surface area contributed by atoms with Crippen LogP contribution in [-0.4, -0.2) is 46.8 Å². The molecule has 4 rings (SSSR count). The molecular formula is C25H34N4O3. The molecule has 1 atom stereocenters. The minimum atomic E-state index is -0.767. The quantitative estimate of drug-likeness (QED) is 0.535. The maximum absolute atomic E-state index is 11.4. The lowest BCUT2D eigenvalue weighted by molar-refractivity contribution is -0.137. The van der Waals surface area contributed by atoms with Crippen LogP contribution in [0.25, 0.3) is 0 Å². The zero-order valence-electron chi connectivity index (χ0n) is 19.1. The van der Waals surface area contributed by atoms with E-state index in [0.717, 1.165) is 67.5 Å². The van der Waals surface area contributed by atoms with E-state index in [4.69, 9.17) is 4.74 Å². The summed E-state index contributed by atoms with van der Waals surface area (Å²) >= 11 is 0. The predicted octanol–water partition coefficient (Wildman–Crippen LogP) is 5.07. The van der Waals surface area contributed by atoms with Crippen LogP contribution >= 0.6 is 0 Å². The van der Waals surface area contributed by atoms with Gasteiger partial charge in [-0.1, -0.05) is 13.0 Å². The minimum absolute atomic E-state index is 0.0197. The van der Waals surface area contributed by atoms with Crippen molar-refractivity contribution in [1.29, 1.82) is 0 Å². The largest absolute Gasteiger partial charge is 0.481 e. The Morgan fingerprint density at radius 1 is 1.19 bits per heavy atom. The van der Waals surface area contributed by atoms with Crippen molar-refractivity contribution in [3.05, 3.63) is 42.0 Å². The van der Waals surface area contributed by atoms with Crippen LogP contribution in [0.2, 0.25) is 0 Å². The Balaban J connectivity index is 1.66. The third-order valence-electron chi connectivity index (χ3n) is 6.58. The van der Waals surface area contributed by atoms with E-state index in [1.165, 1.54) is 12.8 Å². The van der Waals surface area contributed by atoms with E-state index in [0.29, 0.717) is 12.0 Å². The molecule has 2 N–H and O–H groups in total. The predicted molar refractivity (Wildman–Crippen MR) is 126 cm³/mol. The van der Waals surface area contributed by atoms with Gasteiger partial charge in [-0.3, -0.25) is 4.79 Å². The summed E-state index contributed by atoms with van der Waals surface area (Å²) in [6.45, 7) is 6.69. The Morgan fingerprint density at radius 2 is 1.91 bits per heavy atom. The fourth-order valence-corrected chi connectivity index (χ4v) is 4.60. The number of hydrogen-bond donors (Lipinski definition) is 2. The van der Waals surface area contributed by atoms with E-state index in [2.05, 4.69) is 45.3 Å². The molecule has 7 heteroatoms. The summed E-state index contributed by atoms with van der Waals surface area (Å²) in [7, 11) is 0. The highest BCUT2D eigenvalue weighted by Crippen LogP contribution is 2.39. The van der Waals surface area contributed by atoms with E-state index in [1.807, 2.05) is 19.3 Å². The Labute approximate surface area is 190 Å². The van der Waals surface area contributed by atoms with E-state index in [1.54, 1.807) is 0 Å². The molecule has 1 aromatic heterocycles. The van der Waals surface area contributed by atoms with Crippen LogP contribution < -0.4 is 10.2 Å². The van der Waals surface area contributed by atoms with Gasteiger partial charge in [-0.25, -0.2) is 9.97 Å². The molecule has 2 aromatic rings. The highest BCUT2D eigenvalue weighted by Gasteiger charge is 2.27. The topological polar surface area (TPSA) is 87.6 Å². The van der Waals surface area contributed by atoms with Crippen molar-refractivity contribution in [1.82, 2.24) is 9.97 Å². The number of nitrogens with one attached hydrogen (secondary N) is 1. The van der Waals surface area contributed by atoms with Gasteiger partial charge in [0.2, 0.25) is 0 Å². The van der Waals surface area contributed by atoms with Crippen LogP contribution in [-0.2, 0) is 9.53 Å². The van der Waals surface area contributed by atoms with Crippen LogP contribution in [0.5, 0.6) is 0 Å². The van der Waals surface area contributed by atoms with E-state index in [-0.39, 0.29) is 12.3 Å². The molecule has 172 valence electrons. The molecule has 32 heavy (non-hydrogen) atoms. The molecule has 0 amide bonds. The molecule has 1 aliphatic heterocycles. The van der Waals surface area contributed by atoms with Crippen molar-refractivity contribution >= 4 is 23.0 Å². The monoisotopic (exact) mass is 438 g/mol. The standard InChI is InChI=1S/C25H34N4O3/c1-3-17(14-24(30)31)19-7-8-23(29(4-2)21-9-11-32-12-10-21)22(13-19)28-20-15-26-25(27-16-20)18-5-6-18/h7-8,13,15-18,21,28H,3-6,9-12,14H2,1-2H3,(H,30,31)/t17-/m1/s1. The highest BCUT2D eigenvalue weighted by molar-refractivity contribution is 5.77. The molecule has 2 heterocycles. The van der Waals surface area contributed by atoms with Gasteiger partial charge in [0.25, 0.3) is 0 Å². The van der Waals surface area contributed by atoms with Crippen LogP contribution in [0.1, 0.15) is 75.6 Å². The first kappa shape index (κ1) is 22.5. The lowest BCUT2D eigenvalue weighted by Crippen LogP contribution is -2.39. The second-order valence-corrected chi connectivity index (χ2v) is 8.84. The first-order chi connectivity index (χ1) is 15.6. The van der Waals surface area contributed by atoms with Gasteiger partial charge < -0.3 is 20.1 Å². The van der Waals surface area contributed by atoms with Gasteiger partial charge in [0.1, 0.15) is 5.82 Å². The van der Waals surface area contributed by atoms with Gasteiger partial charge in [-0.15, -0.1) is 0 Å². The van der Waals surface area contributed by atoms with Gasteiger partial charge in [0, 0.05) is 31.7 Å². The molecule has 1 saturated heterocycles. The number of hydrogen-bond acceptors (Lipinski definition) is 6. The summed E-state index contributed by atoms with van der Waals surface area (Å²) in [5.41, 5.74) is 3.99. The number of nitrogens with zero attached hydrogens (tertiary/aromatic N) is 3. The molecule has 2 fully saturated rings. The number of carbonyl (C=O) groups is 1. The van der Waals surface area contributed by atoms with Gasteiger partial charge in [-0.05, 0) is 62.6 Å². The van der Waals surface area contributed by atoms with Crippen molar-refractivity contribution in [3.63, 3.8) is 0 Å². The number of ether oxygens (including phenoxy) is 1. The third-order valence-corrected chi connectivity index (χ3v) is 6.58. The molecule has 0 bridgehead atoms. The average Bonchev–Trinajstić information content (AvgIpc) is 3.65. The van der Waals surface area contributed by atoms with Crippen molar-refractivity contribution in [2.24, 2.45) is 0 Å². The molecule has 7 nitrogen and oxygen atoms in total. The number of carboxylic acids is 1. The van der Waals surface area contributed by atoms with Crippen LogP contribution in [0, 0.1) is 0 Å². The minimum Gasteiger partial charge on any atom is -0.481 e. The zero-order valence-corrected chi connectivity index (χ0v) is 19.1. The fourth-order valence-electron chi connectivity index (χ4n) is 4.60. The van der Waals surface area contributed by atoms with Crippen molar-refractivity contribution in [2.75, 3.05) is 30.0 Å². The number of aromatic nitrogens is 2. The van der Waals surface area contributed by atoms with Gasteiger partial charge in [-0.2, -0.15) is 0 Å². The zero-order chi connectivity index (χ0) is 22.5. The summed E-state index contributed by atoms with van der Waals surface area (Å²) in [5, 5.41) is 12.9. The average molecular weight is 439 g/mol. The maximum Gasteiger partial charge on any atom is 0.303 e. The summed E-state index contributed by atoms with van der Waals surface area (Å²) in [5.74, 6) is 0.661. The molecule has 2 aliphatic rings. The van der Waals surface area contributed by atoms with Crippen LogP contribution in [0.4, 0.5) is 17.1 Å². The van der Waals surface area contributed by atoms with Crippen LogP contribution in [0.15, 0.2) is 30.6 Å². The number of carboxylic acid groups (broad SMARTS) is 1. The number of rotatable bonds is 10. The van der Waals surface area contributed by atoms with Gasteiger partial charge in [0.05, 0.1) is 35.9 Å². The van der Waals surface area contributed by atoms with Crippen molar-refractivity contribution in [3.8, 4) is 0 Å². The second kappa shape index (κ2) is 10.3. The first-order valence-corrected chi connectivity index (χ1v) is 11.9. The Bertz CT molecular complexity index is 908. The van der Waals surface area contributed by atoms with Crippen molar-refractivity contribution < 1.29 is 14.6 Å². The van der Waals surface area contributed by atoms with Crippen molar-refractivity contribution in [2.45, 2.75) is 70.3 Å².